The lowest BCUT2D eigenvalue weighted by Gasteiger charge is -2.42. The van der Waals surface area contributed by atoms with E-state index in [-0.39, 0.29) is 40.1 Å². The molecule has 4 rings (SSSR count). The van der Waals surface area contributed by atoms with E-state index in [1.54, 1.807) is 6.07 Å². The van der Waals surface area contributed by atoms with Gasteiger partial charge in [0.05, 0.1) is 11.6 Å². The Morgan fingerprint density at radius 1 is 1.14 bits per heavy atom. The fourth-order valence-corrected chi connectivity index (χ4v) is 6.82. The predicted octanol–water partition coefficient (Wildman–Crippen LogP) is 7.64. The number of halogens is 1. The van der Waals surface area contributed by atoms with Crippen LogP contribution in [0.4, 0.5) is 0 Å². The summed E-state index contributed by atoms with van der Waals surface area (Å²) in [5.74, 6) is 0.358. The van der Waals surface area contributed by atoms with E-state index >= 15 is 0 Å². The van der Waals surface area contributed by atoms with Crippen molar-refractivity contribution in [1.82, 2.24) is 24.4 Å². The highest BCUT2D eigenvalue weighted by Crippen LogP contribution is 2.41. The molecule has 1 aliphatic heterocycles. The van der Waals surface area contributed by atoms with Crippen molar-refractivity contribution in [3.8, 4) is 0 Å². The van der Waals surface area contributed by atoms with E-state index in [2.05, 4.69) is 100 Å². The molecule has 3 heterocycles. The highest BCUT2D eigenvalue weighted by molar-refractivity contribution is 7.97. The number of amides is 1. The summed E-state index contributed by atoms with van der Waals surface area (Å²) < 4.78 is 4.92. The van der Waals surface area contributed by atoms with E-state index in [1.807, 2.05) is 23.0 Å². The van der Waals surface area contributed by atoms with Crippen molar-refractivity contribution in [2.75, 3.05) is 6.54 Å². The van der Waals surface area contributed by atoms with Gasteiger partial charge >= 0.3 is 0 Å². The molecule has 1 aromatic carbocycles. The van der Waals surface area contributed by atoms with Gasteiger partial charge in [-0.2, -0.15) is 5.10 Å². The standard InChI is InChI=1S/C32H44ClN5OS.CH2O2/c1-30(2,3)26-17-15-24(28(33)34-26)29(39)36-40-27-18-19-37(35-27)25(23-12-10-9-11-13-23)16-14-22-20-32(7,8)38(21-22)31(4,5)6;2-1-3/h9-13,15,17-19,22,25H,14,16,20-21H2,1-8H3,(H,36,39);1H,(H,2,3). The second-order valence-corrected chi connectivity index (χ2v) is 14.9. The van der Waals surface area contributed by atoms with E-state index < -0.39 is 0 Å². The zero-order valence-electron chi connectivity index (χ0n) is 26.6. The maximum absolute atomic E-state index is 12.9. The van der Waals surface area contributed by atoms with E-state index in [9.17, 15) is 4.79 Å². The number of carbonyl (C=O) groups excluding carboxylic acids is 1. The molecule has 10 heteroatoms. The second kappa shape index (κ2) is 14.3. The first-order valence-electron chi connectivity index (χ1n) is 14.7. The van der Waals surface area contributed by atoms with Crippen LogP contribution in [0.3, 0.4) is 0 Å². The van der Waals surface area contributed by atoms with Crippen LogP contribution in [0, 0.1) is 5.92 Å². The Balaban J connectivity index is 0.00000162. The highest BCUT2D eigenvalue weighted by Gasteiger charge is 2.43. The summed E-state index contributed by atoms with van der Waals surface area (Å²) in [5, 5.41) is 12.7. The Bertz CT molecular complexity index is 1360. The average Bonchev–Trinajstić information content (AvgIpc) is 3.51. The van der Waals surface area contributed by atoms with Crippen molar-refractivity contribution >= 4 is 35.9 Å². The second-order valence-electron chi connectivity index (χ2n) is 13.7. The Hall–Kier alpha value is -2.88. The topological polar surface area (TPSA) is 100 Å². The van der Waals surface area contributed by atoms with Crippen LogP contribution in [0.2, 0.25) is 5.15 Å². The number of nitrogens with one attached hydrogen (secondary N) is 1. The summed E-state index contributed by atoms with van der Waals surface area (Å²) >= 11 is 7.56. The van der Waals surface area contributed by atoms with Crippen molar-refractivity contribution < 1.29 is 14.7 Å². The zero-order chi connectivity index (χ0) is 32.0. The molecular weight excluding hydrogens is 582 g/mol. The number of nitrogens with zero attached hydrogens (tertiary/aromatic N) is 4. The van der Waals surface area contributed by atoms with Crippen LogP contribution in [0.15, 0.2) is 59.8 Å². The van der Waals surface area contributed by atoms with Gasteiger partial charge in [0.15, 0.2) is 0 Å². The monoisotopic (exact) mass is 627 g/mol. The Morgan fingerprint density at radius 3 is 2.35 bits per heavy atom. The van der Waals surface area contributed by atoms with E-state index in [0.717, 1.165) is 30.1 Å². The Kier molecular flexibility index (Phi) is 11.5. The molecule has 2 aromatic heterocycles. The summed E-state index contributed by atoms with van der Waals surface area (Å²) in [5.41, 5.74) is 2.66. The van der Waals surface area contributed by atoms with Gasteiger partial charge in [-0.3, -0.25) is 23.9 Å². The van der Waals surface area contributed by atoms with E-state index in [0.29, 0.717) is 11.5 Å². The molecule has 1 fully saturated rings. The number of carboxylic acid groups (broad SMARTS) is 1. The maximum atomic E-state index is 12.9. The smallest absolute Gasteiger partial charge is 0.290 e. The van der Waals surface area contributed by atoms with Gasteiger partial charge in [0.2, 0.25) is 0 Å². The molecule has 3 aromatic rings. The van der Waals surface area contributed by atoms with E-state index in [4.69, 9.17) is 26.6 Å². The fraction of sp³-hybridized carbons (Fsp3) is 0.515. The number of carbonyl (C=O) groups is 2. The first kappa shape index (κ1) is 34.6. The van der Waals surface area contributed by atoms with Crippen LogP contribution in [0.5, 0.6) is 0 Å². The maximum Gasteiger partial charge on any atom is 0.290 e. The van der Waals surface area contributed by atoms with Crippen molar-refractivity contribution in [3.63, 3.8) is 0 Å². The molecule has 1 amide bonds. The molecule has 0 saturated carbocycles. The van der Waals surface area contributed by atoms with Crippen LogP contribution in [0.1, 0.15) is 102 Å². The fourth-order valence-electron chi connectivity index (χ4n) is 6.01. The van der Waals surface area contributed by atoms with Crippen LogP contribution >= 0.6 is 23.5 Å². The molecule has 234 valence electrons. The summed E-state index contributed by atoms with van der Waals surface area (Å²) in [6.45, 7) is 18.8. The Morgan fingerprint density at radius 2 is 1.79 bits per heavy atom. The van der Waals surface area contributed by atoms with Crippen LogP contribution < -0.4 is 4.72 Å². The molecule has 0 bridgehead atoms. The SMILES string of the molecule is CC(C)(C)c1ccc(C(=O)NSc2ccn(C(CCC3CN(C(C)(C)C)C(C)(C)C3)c3ccccc3)n2)c(Cl)n1.O=CO. The third-order valence-electron chi connectivity index (χ3n) is 7.82. The molecule has 1 saturated heterocycles. The minimum Gasteiger partial charge on any atom is -0.483 e. The number of hydrogen-bond donors (Lipinski definition) is 2. The molecule has 2 N–H and O–H groups in total. The van der Waals surface area contributed by atoms with E-state index in [1.165, 1.54) is 23.9 Å². The number of pyridine rings is 1. The molecule has 1 aliphatic rings. The quantitative estimate of drug-likeness (QED) is 0.150. The van der Waals surface area contributed by atoms with Crippen molar-refractivity contribution in [3.05, 3.63) is 76.7 Å². The lowest BCUT2D eigenvalue weighted by Crippen LogP contribution is -2.50. The zero-order valence-corrected chi connectivity index (χ0v) is 28.2. The van der Waals surface area contributed by atoms with Gasteiger partial charge in [-0.1, -0.05) is 62.7 Å². The predicted molar refractivity (Wildman–Crippen MR) is 175 cm³/mol. The van der Waals surface area contributed by atoms with Crippen LogP contribution in [0.25, 0.3) is 0 Å². The molecule has 2 unspecified atom stereocenters. The first-order chi connectivity index (χ1) is 20.1. The number of likely N-dealkylation sites (tertiary alicyclic amines) is 1. The largest absolute Gasteiger partial charge is 0.483 e. The normalized spacial score (nSPS) is 17.6. The van der Waals surface area contributed by atoms with Gasteiger partial charge in [-0.25, -0.2) is 4.98 Å². The van der Waals surface area contributed by atoms with Gasteiger partial charge in [-0.15, -0.1) is 0 Å². The highest BCUT2D eigenvalue weighted by atomic mass is 35.5. The molecule has 43 heavy (non-hydrogen) atoms. The summed E-state index contributed by atoms with van der Waals surface area (Å²) in [6, 6.07) is 16.3. The number of benzene rings is 1. The minimum absolute atomic E-state index is 0.127. The summed E-state index contributed by atoms with van der Waals surface area (Å²) in [6.07, 6.45) is 5.35. The molecule has 0 radical (unpaired) electrons. The molecule has 2 atom stereocenters. The van der Waals surface area contributed by atoms with Crippen molar-refractivity contribution in [1.29, 1.82) is 0 Å². The summed E-state index contributed by atoms with van der Waals surface area (Å²) in [7, 11) is 0. The third kappa shape index (κ3) is 9.30. The number of rotatable bonds is 8. The van der Waals surface area contributed by atoms with Crippen molar-refractivity contribution in [2.24, 2.45) is 5.92 Å². The molecule has 0 spiro atoms. The van der Waals surface area contributed by atoms with Gasteiger partial charge in [-0.05, 0) is 83.6 Å². The van der Waals surface area contributed by atoms with Crippen molar-refractivity contribution in [2.45, 2.75) is 102 Å². The molecule has 0 aliphatic carbocycles. The summed E-state index contributed by atoms with van der Waals surface area (Å²) in [4.78, 5) is 28.3. The number of aromatic nitrogens is 3. The van der Waals surface area contributed by atoms with Gasteiger partial charge in [0, 0.05) is 46.9 Å². The molecule has 8 nitrogen and oxygen atoms in total. The average molecular weight is 628 g/mol. The number of hydrogen-bond acceptors (Lipinski definition) is 6. The lowest BCUT2D eigenvalue weighted by atomic mass is 9.90. The van der Waals surface area contributed by atoms with Crippen LogP contribution in [-0.2, 0) is 10.2 Å². The Labute approximate surface area is 265 Å². The lowest BCUT2D eigenvalue weighted by molar-refractivity contribution is -0.122. The first-order valence-corrected chi connectivity index (χ1v) is 15.9. The minimum atomic E-state index is -0.288. The third-order valence-corrected chi connectivity index (χ3v) is 8.82. The van der Waals surface area contributed by atoms with Gasteiger partial charge in [0.25, 0.3) is 12.4 Å². The van der Waals surface area contributed by atoms with Crippen LogP contribution in [-0.4, -0.2) is 54.8 Å². The van der Waals surface area contributed by atoms with Gasteiger partial charge < -0.3 is 5.11 Å². The van der Waals surface area contributed by atoms with Gasteiger partial charge in [0.1, 0.15) is 10.2 Å². The molecular formula is C33H46ClN5O3S.